The van der Waals surface area contributed by atoms with Crippen LogP contribution >= 0.6 is 34.4 Å². The minimum Gasteiger partial charge on any atom is -0.494 e. The SMILES string of the molecule is CCOc1ccc(N=C2NC(=O)C(=Cc3cccc(I)c3)S2)cc1. The van der Waals surface area contributed by atoms with Gasteiger partial charge in [0.2, 0.25) is 0 Å². The zero-order valence-corrected chi connectivity index (χ0v) is 15.9. The van der Waals surface area contributed by atoms with Crippen LogP contribution in [0.5, 0.6) is 5.75 Å². The van der Waals surface area contributed by atoms with Crippen molar-refractivity contribution in [2.45, 2.75) is 6.92 Å². The average Bonchev–Trinajstić information content (AvgIpc) is 2.89. The van der Waals surface area contributed by atoms with Crippen LogP contribution in [0.25, 0.3) is 6.08 Å². The van der Waals surface area contributed by atoms with Crippen LogP contribution in [-0.2, 0) is 4.79 Å². The van der Waals surface area contributed by atoms with Crippen molar-refractivity contribution in [3.05, 3.63) is 62.6 Å². The maximum Gasteiger partial charge on any atom is 0.264 e. The number of hydrogen-bond donors (Lipinski definition) is 1. The second-order valence-electron chi connectivity index (χ2n) is 4.96. The highest BCUT2D eigenvalue weighted by Crippen LogP contribution is 2.28. The number of benzene rings is 2. The van der Waals surface area contributed by atoms with E-state index in [-0.39, 0.29) is 5.91 Å². The van der Waals surface area contributed by atoms with Gasteiger partial charge in [-0.25, -0.2) is 4.99 Å². The largest absolute Gasteiger partial charge is 0.494 e. The van der Waals surface area contributed by atoms with E-state index in [1.165, 1.54) is 11.8 Å². The van der Waals surface area contributed by atoms with E-state index in [1.54, 1.807) is 0 Å². The Balaban J connectivity index is 1.76. The van der Waals surface area contributed by atoms with Crippen molar-refractivity contribution in [1.82, 2.24) is 5.32 Å². The smallest absolute Gasteiger partial charge is 0.264 e. The normalized spacial score (nSPS) is 17.3. The zero-order chi connectivity index (χ0) is 16.9. The molecule has 0 aromatic heterocycles. The van der Waals surface area contributed by atoms with Crippen molar-refractivity contribution in [3.63, 3.8) is 0 Å². The Labute approximate surface area is 158 Å². The van der Waals surface area contributed by atoms with E-state index in [4.69, 9.17) is 4.74 Å². The Morgan fingerprint density at radius 1 is 1.25 bits per heavy atom. The van der Waals surface area contributed by atoms with Gasteiger partial charge in [-0.15, -0.1) is 0 Å². The first-order valence-corrected chi connectivity index (χ1v) is 9.31. The number of amidine groups is 1. The molecule has 4 nitrogen and oxygen atoms in total. The van der Waals surface area contributed by atoms with Gasteiger partial charge in [0.05, 0.1) is 17.2 Å². The van der Waals surface area contributed by atoms with Crippen molar-refractivity contribution in [3.8, 4) is 5.75 Å². The number of ether oxygens (including phenoxy) is 1. The molecule has 1 fully saturated rings. The summed E-state index contributed by atoms with van der Waals surface area (Å²) in [4.78, 5) is 17.2. The van der Waals surface area contributed by atoms with Gasteiger partial charge in [-0.05, 0) is 89.3 Å². The van der Waals surface area contributed by atoms with E-state index >= 15 is 0 Å². The Morgan fingerprint density at radius 2 is 2.04 bits per heavy atom. The summed E-state index contributed by atoms with van der Waals surface area (Å²) >= 11 is 3.60. The number of hydrogen-bond acceptors (Lipinski definition) is 4. The molecule has 0 spiro atoms. The number of carbonyl (C=O) groups is 1. The second kappa shape index (κ2) is 7.85. The zero-order valence-electron chi connectivity index (χ0n) is 13.0. The highest BCUT2D eigenvalue weighted by molar-refractivity contribution is 14.1. The first-order chi connectivity index (χ1) is 11.6. The predicted octanol–water partition coefficient (Wildman–Crippen LogP) is 4.58. The number of carbonyl (C=O) groups excluding carboxylic acids is 1. The molecule has 0 unspecified atom stereocenters. The predicted molar refractivity (Wildman–Crippen MR) is 108 cm³/mol. The molecule has 0 saturated carbocycles. The van der Waals surface area contributed by atoms with Gasteiger partial charge in [0.1, 0.15) is 5.75 Å². The van der Waals surface area contributed by atoms with Crippen LogP contribution in [0, 0.1) is 3.57 Å². The van der Waals surface area contributed by atoms with Crippen molar-refractivity contribution in [2.24, 2.45) is 4.99 Å². The monoisotopic (exact) mass is 450 g/mol. The van der Waals surface area contributed by atoms with Gasteiger partial charge in [-0.1, -0.05) is 12.1 Å². The Hall–Kier alpha value is -1.80. The standard InChI is InChI=1S/C18H15IN2O2S/c1-2-23-15-8-6-14(7-9-15)20-18-21-17(22)16(24-18)11-12-4-3-5-13(19)10-12/h3-11H,2H2,1H3,(H,20,21,22). The highest BCUT2D eigenvalue weighted by atomic mass is 127. The number of amides is 1. The fraction of sp³-hybridized carbons (Fsp3) is 0.111. The van der Waals surface area contributed by atoms with E-state index < -0.39 is 0 Å². The van der Waals surface area contributed by atoms with Crippen molar-refractivity contribution < 1.29 is 9.53 Å². The lowest BCUT2D eigenvalue weighted by Crippen LogP contribution is -2.19. The Kier molecular flexibility index (Phi) is 5.57. The van der Waals surface area contributed by atoms with Crippen LogP contribution in [0.4, 0.5) is 5.69 Å². The quantitative estimate of drug-likeness (QED) is 0.548. The van der Waals surface area contributed by atoms with E-state index in [9.17, 15) is 4.79 Å². The Bertz CT molecular complexity index is 816. The van der Waals surface area contributed by atoms with Gasteiger partial charge in [0, 0.05) is 3.57 Å². The minimum atomic E-state index is -0.122. The molecule has 1 N–H and O–H groups in total. The molecule has 0 aliphatic carbocycles. The number of nitrogens with one attached hydrogen (secondary N) is 1. The number of nitrogens with zero attached hydrogens (tertiary/aromatic N) is 1. The molecule has 2 aromatic rings. The number of aliphatic imine (C=N–C) groups is 1. The molecule has 1 amide bonds. The molecule has 1 aliphatic heterocycles. The lowest BCUT2D eigenvalue weighted by atomic mass is 10.2. The maximum atomic E-state index is 12.1. The molecule has 122 valence electrons. The van der Waals surface area contributed by atoms with E-state index in [0.717, 1.165) is 20.6 Å². The lowest BCUT2D eigenvalue weighted by molar-refractivity contribution is -0.115. The number of thioether (sulfide) groups is 1. The average molecular weight is 450 g/mol. The third-order valence-corrected chi connectivity index (χ3v) is 4.76. The van der Waals surface area contributed by atoms with Crippen LogP contribution in [0.3, 0.4) is 0 Å². The highest BCUT2D eigenvalue weighted by Gasteiger charge is 2.23. The van der Waals surface area contributed by atoms with Crippen molar-refractivity contribution in [1.29, 1.82) is 0 Å². The van der Waals surface area contributed by atoms with Crippen molar-refractivity contribution in [2.75, 3.05) is 6.61 Å². The summed E-state index contributed by atoms with van der Waals surface area (Å²) in [5, 5.41) is 3.38. The molecular weight excluding hydrogens is 435 g/mol. The summed E-state index contributed by atoms with van der Waals surface area (Å²) in [6.45, 7) is 2.58. The molecule has 3 rings (SSSR count). The fourth-order valence-corrected chi connectivity index (χ4v) is 3.54. The summed E-state index contributed by atoms with van der Waals surface area (Å²) in [5.41, 5.74) is 1.78. The van der Waals surface area contributed by atoms with E-state index in [1.807, 2.05) is 61.5 Å². The van der Waals surface area contributed by atoms with Crippen LogP contribution in [-0.4, -0.2) is 17.7 Å². The molecule has 0 radical (unpaired) electrons. The van der Waals surface area contributed by atoms with Gasteiger partial charge in [-0.2, -0.15) is 0 Å². The van der Waals surface area contributed by atoms with Crippen LogP contribution in [0.15, 0.2) is 58.4 Å². The molecule has 1 saturated heterocycles. The molecule has 1 heterocycles. The molecule has 24 heavy (non-hydrogen) atoms. The van der Waals surface area contributed by atoms with Gasteiger partial charge in [-0.3, -0.25) is 4.79 Å². The third-order valence-electron chi connectivity index (χ3n) is 3.18. The number of halogens is 1. The second-order valence-corrected chi connectivity index (χ2v) is 7.24. The molecule has 6 heteroatoms. The minimum absolute atomic E-state index is 0.122. The van der Waals surface area contributed by atoms with E-state index in [2.05, 4.69) is 32.9 Å². The summed E-state index contributed by atoms with van der Waals surface area (Å²) in [6.07, 6.45) is 1.88. The van der Waals surface area contributed by atoms with E-state index in [0.29, 0.717) is 16.7 Å². The first-order valence-electron chi connectivity index (χ1n) is 7.42. The first kappa shape index (κ1) is 17.0. The summed E-state index contributed by atoms with van der Waals surface area (Å²) in [5.74, 6) is 0.687. The summed E-state index contributed by atoms with van der Waals surface area (Å²) in [6, 6.07) is 15.5. The van der Waals surface area contributed by atoms with Crippen molar-refractivity contribution >= 4 is 57.2 Å². The van der Waals surface area contributed by atoms with Crippen LogP contribution in [0.1, 0.15) is 12.5 Å². The molecular formula is C18H15IN2O2S. The van der Waals surface area contributed by atoms with Crippen LogP contribution < -0.4 is 10.1 Å². The summed E-state index contributed by atoms with van der Waals surface area (Å²) in [7, 11) is 0. The molecule has 0 atom stereocenters. The van der Waals surface area contributed by atoms with Gasteiger partial charge < -0.3 is 10.1 Å². The topological polar surface area (TPSA) is 50.7 Å². The molecule has 1 aliphatic rings. The third kappa shape index (κ3) is 4.39. The molecule has 2 aromatic carbocycles. The maximum absolute atomic E-state index is 12.1. The van der Waals surface area contributed by atoms with Gasteiger partial charge in [0.15, 0.2) is 5.17 Å². The fourth-order valence-electron chi connectivity index (χ4n) is 2.13. The summed E-state index contributed by atoms with van der Waals surface area (Å²) < 4.78 is 6.54. The Morgan fingerprint density at radius 3 is 2.75 bits per heavy atom. The van der Waals surface area contributed by atoms with Gasteiger partial charge >= 0.3 is 0 Å². The van der Waals surface area contributed by atoms with Gasteiger partial charge in [0.25, 0.3) is 5.91 Å². The molecule has 0 bridgehead atoms. The van der Waals surface area contributed by atoms with Crippen LogP contribution in [0.2, 0.25) is 0 Å². The number of rotatable bonds is 4. The lowest BCUT2D eigenvalue weighted by Gasteiger charge is -2.02.